The molecular weight excluding hydrogens is 317 g/mol. The quantitative estimate of drug-likeness (QED) is 0.388. The molecule has 2 rings (SSSR count). The number of ether oxygens (including phenoxy) is 1. The number of nitrogens with two attached hydrogens (primary N) is 1. The van der Waals surface area contributed by atoms with Gasteiger partial charge in [0.25, 0.3) is 5.88 Å². The molecular formula is C12H9ClFN5OS. The van der Waals surface area contributed by atoms with Crippen molar-refractivity contribution in [3.63, 3.8) is 0 Å². The summed E-state index contributed by atoms with van der Waals surface area (Å²) in [6.45, 7) is 0. The van der Waals surface area contributed by atoms with Crippen LogP contribution in [0.1, 0.15) is 5.56 Å². The summed E-state index contributed by atoms with van der Waals surface area (Å²) in [6, 6.07) is 6.73. The molecule has 1 aromatic carbocycles. The third kappa shape index (κ3) is 4.62. The van der Waals surface area contributed by atoms with E-state index < -0.39 is 5.82 Å². The number of nitrogens with zero attached hydrogens (tertiary/aromatic N) is 3. The van der Waals surface area contributed by atoms with Gasteiger partial charge in [0.1, 0.15) is 5.75 Å². The molecule has 2 aromatic rings. The maximum absolute atomic E-state index is 13.5. The van der Waals surface area contributed by atoms with Crippen molar-refractivity contribution in [3.8, 4) is 11.6 Å². The number of hydrazone groups is 1. The Labute approximate surface area is 129 Å². The number of nitrogens with one attached hydrogen (secondary N) is 1. The van der Waals surface area contributed by atoms with Crippen LogP contribution in [0.4, 0.5) is 4.39 Å². The SMILES string of the molecule is NC(=S)N/N=C/c1cccc(Oc2nc(Cl)ncc2F)c1. The number of hydrogen-bond donors (Lipinski definition) is 2. The van der Waals surface area contributed by atoms with Gasteiger partial charge >= 0.3 is 0 Å². The maximum atomic E-state index is 13.5. The predicted molar refractivity (Wildman–Crippen MR) is 81.0 cm³/mol. The van der Waals surface area contributed by atoms with Crippen LogP contribution in [0.5, 0.6) is 11.6 Å². The molecule has 9 heteroatoms. The molecule has 0 aliphatic heterocycles. The molecule has 0 radical (unpaired) electrons. The number of halogens is 2. The minimum atomic E-state index is -0.714. The summed E-state index contributed by atoms with van der Waals surface area (Å²) in [5, 5.41) is 3.75. The van der Waals surface area contributed by atoms with E-state index in [0.29, 0.717) is 11.3 Å². The Morgan fingerprint density at radius 1 is 1.52 bits per heavy atom. The molecule has 21 heavy (non-hydrogen) atoms. The van der Waals surface area contributed by atoms with Crippen LogP contribution in [0.2, 0.25) is 5.28 Å². The maximum Gasteiger partial charge on any atom is 0.260 e. The molecule has 1 heterocycles. The lowest BCUT2D eigenvalue weighted by Gasteiger charge is -2.06. The minimum Gasteiger partial charge on any atom is -0.436 e. The highest BCUT2D eigenvalue weighted by molar-refractivity contribution is 7.80. The van der Waals surface area contributed by atoms with Gasteiger partial charge in [0, 0.05) is 0 Å². The zero-order valence-electron chi connectivity index (χ0n) is 10.5. The Balaban J connectivity index is 2.16. The van der Waals surface area contributed by atoms with E-state index in [4.69, 9.17) is 22.1 Å². The topological polar surface area (TPSA) is 85.4 Å². The zero-order valence-corrected chi connectivity index (χ0v) is 12.0. The Morgan fingerprint density at radius 3 is 3.10 bits per heavy atom. The van der Waals surface area contributed by atoms with Crippen LogP contribution in [0.3, 0.4) is 0 Å². The van der Waals surface area contributed by atoms with Crippen molar-refractivity contribution in [2.45, 2.75) is 0 Å². The Morgan fingerprint density at radius 2 is 2.33 bits per heavy atom. The van der Waals surface area contributed by atoms with Gasteiger partial charge in [-0.2, -0.15) is 14.5 Å². The smallest absolute Gasteiger partial charge is 0.260 e. The van der Waals surface area contributed by atoms with Crippen molar-refractivity contribution in [2.24, 2.45) is 10.8 Å². The van der Waals surface area contributed by atoms with Gasteiger partial charge in [-0.15, -0.1) is 0 Å². The van der Waals surface area contributed by atoms with Crippen LogP contribution in [-0.4, -0.2) is 21.3 Å². The number of thiocarbonyl (C=S) groups is 1. The van der Waals surface area contributed by atoms with Crippen LogP contribution in [-0.2, 0) is 0 Å². The lowest BCUT2D eigenvalue weighted by atomic mass is 10.2. The van der Waals surface area contributed by atoms with E-state index in [0.717, 1.165) is 6.20 Å². The zero-order chi connectivity index (χ0) is 15.2. The fourth-order valence-electron chi connectivity index (χ4n) is 1.34. The van der Waals surface area contributed by atoms with E-state index in [-0.39, 0.29) is 16.3 Å². The van der Waals surface area contributed by atoms with Gasteiger partial charge in [0.05, 0.1) is 12.4 Å². The summed E-state index contributed by atoms with van der Waals surface area (Å²) in [6.07, 6.45) is 2.41. The van der Waals surface area contributed by atoms with Crippen molar-refractivity contribution < 1.29 is 9.13 Å². The van der Waals surface area contributed by atoms with Gasteiger partial charge in [-0.05, 0) is 41.5 Å². The molecule has 0 aliphatic rings. The van der Waals surface area contributed by atoms with E-state index in [9.17, 15) is 4.39 Å². The summed E-state index contributed by atoms with van der Waals surface area (Å²) >= 11 is 10.2. The summed E-state index contributed by atoms with van der Waals surface area (Å²) in [5.41, 5.74) is 8.34. The summed E-state index contributed by atoms with van der Waals surface area (Å²) in [4.78, 5) is 7.16. The number of rotatable bonds is 4. The number of hydrogen-bond acceptors (Lipinski definition) is 5. The first-order valence-electron chi connectivity index (χ1n) is 5.59. The molecule has 1 aromatic heterocycles. The van der Waals surface area contributed by atoms with Crippen molar-refractivity contribution >= 4 is 35.1 Å². The van der Waals surface area contributed by atoms with Crippen LogP contribution < -0.4 is 15.9 Å². The molecule has 0 fully saturated rings. The number of aromatic nitrogens is 2. The summed E-state index contributed by atoms with van der Waals surface area (Å²) < 4.78 is 18.8. The highest BCUT2D eigenvalue weighted by Gasteiger charge is 2.08. The minimum absolute atomic E-state index is 0.0522. The van der Waals surface area contributed by atoms with Gasteiger partial charge in [0.2, 0.25) is 11.1 Å². The van der Waals surface area contributed by atoms with E-state index >= 15 is 0 Å². The average molecular weight is 326 g/mol. The first-order chi connectivity index (χ1) is 10.0. The molecule has 0 bridgehead atoms. The summed E-state index contributed by atoms with van der Waals surface area (Å²) in [5.74, 6) is -0.609. The predicted octanol–water partition coefficient (Wildman–Crippen LogP) is 2.23. The lowest BCUT2D eigenvalue weighted by Crippen LogP contribution is -2.23. The van der Waals surface area contributed by atoms with E-state index in [1.807, 2.05) is 0 Å². The Hall–Kier alpha value is -2.32. The van der Waals surface area contributed by atoms with Crippen LogP contribution in [0, 0.1) is 5.82 Å². The fraction of sp³-hybridized carbons (Fsp3) is 0. The molecule has 0 saturated heterocycles. The third-order valence-corrected chi connectivity index (χ3v) is 2.42. The normalized spacial score (nSPS) is 10.6. The van der Waals surface area contributed by atoms with Crippen molar-refractivity contribution in [1.82, 2.24) is 15.4 Å². The fourth-order valence-corrected chi connectivity index (χ4v) is 1.52. The van der Waals surface area contributed by atoms with Gasteiger partial charge in [-0.1, -0.05) is 12.1 Å². The van der Waals surface area contributed by atoms with E-state index in [1.165, 1.54) is 6.21 Å². The van der Waals surface area contributed by atoms with Gasteiger partial charge < -0.3 is 10.5 Å². The standard InChI is InChI=1S/C12H9ClFN5OS/c13-11-16-6-9(14)10(18-11)20-8-3-1-2-7(4-8)5-17-19-12(15)21/h1-6H,(H3,15,19,21)/b17-5+. The highest BCUT2D eigenvalue weighted by atomic mass is 35.5. The van der Waals surface area contributed by atoms with Crippen LogP contribution in [0.25, 0.3) is 0 Å². The monoisotopic (exact) mass is 325 g/mol. The summed E-state index contributed by atoms with van der Waals surface area (Å²) in [7, 11) is 0. The van der Waals surface area contributed by atoms with Gasteiger partial charge in [0.15, 0.2) is 5.11 Å². The van der Waals surface area contributed by atoms with Gasteiger partial charge in [-0.3, -0.25) is 5.43 Å². The Kier molecular flexibility index (Phi) is 4.96. The Bertz CT molecular complexity index is 697. The van der Waals surface area contributed by atoms with Crippen LogP contribution >= 0.6 is 23.8 Å². The highest BCUT2D eigenvalue weighted by Crippen LogP contribution is 2.23. The van der Waals surface area contributed by atoms with E-state index in [2.05, 4.69) is 32.7 Å². The second kappa shape index (κ2) is 6.91. The second-order valence-corrected chi connectivity index (χ2v) is 4.48. The molecule has 6 nitrogen and oxygen atoms in total. The first-order valence-corrected chi connectivity index (χ1v) is 6.37. The lowest BCUT2D eigenvalue weighted by molar-refractivity contribution is 0.420. The molecule has 3 N–H and O–H groups in total. The van der Waals surface area contributed by atoms with Crippen molar-refractivity contribution in [1.29, 1.82) is 0 Å². The average Bonchev–Trinajstić information content (AvgIpc) is 2.43. The molecule has 0 saturated carbocycles. The third-order valence-electron chi connectivity index (χ3n) is 2.14. The number of benzene rings is 1. The second-order valence-electron chi connectivity index (χ2n) is 3.70. The molecule has 0 aliphatic carbocycles. The van der Waals surface area contributed by atoms with Crippen LogP contribution in [0.15, 0.2) is 35.6 Å². The van der Waals surface area contributed by atoms with Crippen molar-refractivity contribution in [2.75, 3.05) is 0 Å². The molecule has 0 amide bonds. The van der Waals surface area contributed by atoms with Crippen molar-refractivity contribution in [3.05, 3.63) is 47.1 Å². The largest absolute Gasteiger partial charge is 0.436 e. The first kappa shape index (κ1) is 15.1. The van der Waals surface area contributed by atoms with Gasteiger partial charge in [-0.25, -0.2) is 4.98 Å². The molecule has 0 spiro atoms. The van der Waals surface area contributed by atoms with E-state index in [1.54, 1.807) is 24.3 Å². The molecule has 0 unspecified atom stereocenters. The molecule has 0 atom stereocenters. The molecule has 108 valence electrons.